The smallest absolute Gasteiger partial charge is 0.337 e. The lowest BCUT2D eigenvalue weighted by molar-refractivity contribution is -0.00529. The highest BCUT2D eigenvalue weighted by molar-refractivity contribution is 7.91. The van der Waals surface area contributed by atoms with E-state index >= 15 is 0 Å². The monoisotopic (exact) mass is 298 g/mol. The second kappa shape index (κ2) is 5.18. The molecule has 6 heteroatoms. The molecular weight excluding hydrogens is 280 g/mol. The molecule has 110 valence electrons. The van der Waals surface area contributed by atoms with E-state index in [2.05, 4.69) is 0 Å². The SMILES string of the molecule is CC1(C)CCC(CS(=O)(=O)c2ccccc2C(=O)O)O1. The summed E-state index contributed by atoms with van der Waals surface area (Å²) in [4.78, 5) is 11.0. The minimum absolute atomic E-state index is 0.138. The molecular formula is C14H18O5S. The maximum absolute atomic E-state index is 12.4. The summed E-state index contributed by atoms with van der Waals surface area (Å²) in [5.74, 6) is -1.42. The average molecular weight is 298 g/mol. The van der Waals surface area contributed by atoms with E-state index in [0.29, 0.717) is 6.42 Å². The Morgan fingerprint density at radius 2 is 2.05 bits per heavy atom. The molecule has 1 N–H and O–H groups in total. The summed E-state index contributed by atoms with van der Waals surface area (Å²) >= 11 is 0. The van der Waals surface area contributed by atoms with E-state index in [1.54, 1.807) is 0 Å². The second-order valence-corrected chi connectivity index (χ2v) is 7.62. The van der Waals surface area contributed by atoms with Gasteiger partial charge >= 0.3 is 5.97 Å². The van der Waals surface area contributed by atoms with Gasteiger partial charge in [-0.05, 0) is 38.8 Å². The second-order valence-electron chi connectivity index (χ2n) is 5.62. The van der Waals surface area contributed by atoms with Crippen molar-refractivity contribution >= 4 is 15.8 Å². The van der Waals surface area contributed by atoms with E-state index in [-0.39, 0.29) is 27.9 Å². The van der Waals surface area contributed by atoms with Crippen LogP contribution in [0.4, 0.5) is 0 Å². The maximum atomic E-state index is 12.4. The van der Waals surface area contributed by atoms with Gasteiger partial charge in [0.05, 0.1) is 27.9 Å². The lowest BCUT2D eigenvalue weighted by atomic mass is 10.1. The zero-order chi connectivity index (χ0) is 15.0. The highest BCUT2D eigenvalue weighted by atomic mass is 32.2. The summed E-state index contributed by atoms with van der Waals surface area (Å²) in [6.45, 7) is 3.84. The minimum Gasteiger partial charge on any atom is -0.478 e. The van der Waals surface area contributed by atoms with Gasteiger partial charge in [0.25, 0.3) is 0 Å². The van der Waals surface area contributed by atoms with Crippen LogP contribution in [-0.2, 0) is 14.6 Å². The van der Waals surface area contributed by atoms with E-state index in [0.717, 1.165) is 6.42 Å². The number of aromatic carboxylic acids is 1. The van der Waals surface area contributed by atoms with Crippen LogP contribution in [0, 0.1) is 0 Å². The molecule has 1 aliphatic rings. The minimum atomic E-state index is -3.68. The van der Waals surface area contributed by atoms with Crippen LogP contribution in [0.15, 0.2) is 29.2 Å². The van der Waals surface area contributed by atoms with Crippen molar-refractivity contribution in [1.29, 1.82) is 0 Å². The molecule has 0 aromatic heterocycles. The number of ether oxygens (including phenoxy) is 1. The molecule has 20 heavy (non-hydrogen) atoms. The normalized spacial score (nSPS) is 21.8. The Kier molecular flexibility index (Phi) is 3.88. The van der Waals surface area contributed by atoms with Gasteiger partial charge in [-0.3, -0.25) is 0 Å². The van der Waals surface area contributed by atoms with E-state index in [1.165, 1.54) is 24.3 Å². The first-order valence-electron chi connectivity index (χ1n) is 6.44. The van der Waals surface area contributed by atoms with Gasteiger partial charge in [0.1, 0.15) is 0 Å². The molecule has 2 rings (SSSR count). The number of hydrogen-bond donors (Lipinski definition) is 1. The summed E-state index contributed by atoms with van der Waals surface area (Å²) in [6, 6.07) is 5.67. The highest BCUT2D eigenvalue weighted by Gasteiger charge is 2.35. The van der Waals surface area contributed by atoms with Gasteiger partial charge in [0.2, 0.25) is 0 Å². The Labute approximate surface area is 118 Å². The number of carboxylic acids is 1. The fourth-order valence-corrected chi connectivity index (χ4v) is 4.12. The Morgan fingerprint density at radius 1 is 1.40 bits per heavy atom. The molecule has 1 saturated heterocycles. The number of carbonyl (C=O) groups is 1. The van der Waals surface area contributed by atoms with Crippen molar-refractivity contribution < 1.29 is 23.1 Å². The molecule has 5 nitrogen and oxygen atoms in total. The first-order chi connectivity index (χ1) is 9.21. The molecule has 1 fully saturated rings. The first kappa shape index (κ1) is 15.0. The first-order valence-corrected chi connectivity index (χ1v) is 8.09. The summed E-state index contributed by atoms with van der Waals surface area (Å²) in [6.07, 6.45) is 1.09. The average Bonchev–Trinajstić information content (AvgIpc) is 2.68. The van der Waals surface area contributed by atoms with Gasteiger partial charge in [-0.25, -0.2) is 13.2 Å². The molecule has 0 saturated carbocycles. The summed E-state index contributed by atoms with van der Waals surface area (Å²) in [5, 5.41) is 9.08. The van der Waals surface area contributed by atoms with Crippen molar-refractivity contribution in [3.8, 4) is 0 Å². The van der Waals surface area contributed by atoms with Crippen LogP contribution in [0.1, 0.15) is 37.0 Å². The molecule has 0 spiro atoms. The lowest BCUT2D eigenvalue weighted by Gasteiger charge is -2.19. The van der Waals surface area contributed by atoms with Gasteiger partial charge in [-0.15, -0.1) is 0 Å². The van der Waals surface area contributed by atoms with E-state index in [1.807, 2.05) is 13.8 Å². The standard InChI is InChI=1S/C14H18O5S/c1-14(2)8-7-10(19-14)9-20(17,18)12-6-4-3-5-11(12)13(15)16/h3-6,10H,7-9H2,1-2H3,(H,15,16). The zero-order valence-corrected chi connectivity index (χ0v) is 12.3. The van der Waals surface area contributed by atoms with Gasteiger partial charge < -0.3 is 9.84 Å². The molecule has 1 aliphatic heterocycles. The Balaban J connectivity index is 2.26. The van der Waals surface area contributed by atoms with E-state index in [9.17, 15) is 13.2 Å². The fourth-order valence-electron chi connectivity index (χ4n) is 2.44. The van der Waals surface area contributed by atoms with Gasteiger partial charge in [0.15, 0.2) is 9.84 Å². The van der Waals surface area contributed by atoms with Gasteiger partial charge in [-0.2, -0.15) is 0 Å². The van der Waals surface area contributed by atoms with Crippen molar-refractivity contribution in [2.24, 2.45) is 0 Å². The summed E-state index contributed by atoms with van der Waals surface area (Å²) in [7, 11) is -3.68. The van der Waals surface area contributed by atoms with Crippen molar-refractivity contribution in [2.45, 2.75) is 43.3 Å². The number of sulfone groups is 1. The molecule has 1 aromatic carbocycles. The highest BCUT2D eigenvalue weighted by Crippen LogP contribution is 2.31. The van der Waals surface area contributed by atoms with E-state index in [4.69, 9.17) is 9.84 Å². The quantitative estimate of drug-likeness (QED) is 0.921. The Hall–Kier alpha value is -1.40. The van der Waals surface area contributed by atoms with E-state index < -0.39 is 15.8 Å². The van der Waals surface area contributed by atoms with Crippen LogP contribution in [0.5, 0.6) is 0 Å². The number of carboxylic acid groups (broad SMARTS) is 1. The van der Waals surface area contributed by atoms with Crippen LogP contribution >= 0.6 is 0 Å². The third kappa shape index (κ3) is 3.19. The Bertz CT molecular complexity index is 618. The van der Waals surface area contributed by atoms with Gasteiger partial charge in [-0.1, -0.05) is 12.1 Å². The van der Waals surface area contributed by atoms with Crippen LogP contribution in [-0.4, -0.2) is 37.0 Å². The number of benzene rings is 1. The molecule has 0 radical (unpaired) electrons. The maximum Gasteiger partial charge on any atom is 0.337 e. The summed E-state index contributed by atoms with van der Waals surface area (Å²) < 4.78 is 30.4. The van der Waals surface area contributed by atoms with Gasteiger partial charge in [0, 0.05) is 0 Å². The van der Waals surface area contributed by atoms with Crippen molar-refractivity contribution in [3.63, 3.8) is 0 Å². The zero-order valence-electron chi connectivity index (χ0n) is 11.5. The molecule has 1 heterocycles. The summed E-state index contributed by atoms with van der Waals surface area (Å²) in [5.41, 5.74) is -0.503. The molecule has 0 aliphatic carbocycles. The van der Waals surface area contributed by atoms with Crippen LogP contribution in [0.2, 0.25) is 0 Å². The Morgan fingerprint density at radius 3 is 2.60 bits per heavy atom. The number of rotatable bonds is 4. The molecule has 1 unspecified atom stereocenters. The molecule has 0 bridgehead atoms. The molecule has 1 aromatic rings. The predicted molar refractivity (Wildman–Crippen MR) is 73.6 cm³/mol. The largest absolute Gasteiger partial charge is 0.478 e. The lowest BCUT2D eigenvalue weighted by Crippen LogP contribution is -2.26. The van der Waals surface area contributed by atoms with Crippen molar-refractivity contribution in [2.75, 3.05) is 5.75 Å². The third-order valence-corrected chi connectivity index (χ3v) is 5.25. The van der Waals surface area contributed by atoms with Crippen LogP contribution in [0.25, 0.3) is 0 Å². The van der Waals surface area contributed by atoms with Crippen LogP contribution in [0.3, 0.4) is 0 Å². The van der Waals surface area contributed by atoms with Crippen molar-refractivity contribution in [1.82, 2.24) is 0 Å². The third-order valence-electron chi connectivity index (χ3n) is 3.41. The predicted octanol–water partition coefficient (Wildman–Crippen LogP) is 2.12. The number of hydrogen-bond acceptors (Lipinski definition) is 4. The van der Waals surface area contributed by atoms with Crippen LogP contribution < -0.4 is 0 Å². The van der Waals surface area contributed by atoms with Crippen molar-refractivity contribution in [3.05, 3.63) is 29.8 Å². The molecule has 1 atom stereocenters. The topological polar surface area (TPSA) is 80.7 Å². The molecule has 0 amide bonds. The fraction of sp³-hybridized carbons (Fsp3) is 0.500.